The van der Waals surface area contributed by atoms with E-state index >= 15 is 0 Å². The summed E-state index contributed by atoms with van der Waals surface area (Å²) in [4.78, 5) is 0. The minimum Gasteiger partial charge on any atom is -0.374 e. The van der Waals surface area contributed by atoms with E-state index in [1.807, 2.05) is 19.1 Å². The number of nitrogens with two attached hydrogens (primary N) is 1. The average Bonchev–Trinajstić information content (AvgIpc) is 2.56. The maximum absolute atomic E-state index is 5.53. The van der Waals surface area contributed by atoms with Crippen molar-refractivity contribution in [3.63, 3.8) is 0 Å². The number of nitrogens with zero attached hydrogens (tertiary/aromatic N) is 2. The maximum atomic E-state index is 5.53. The van der Waals surface area contributed by atoms with Crippen LogP contribution in [0.15, 0.2) is 22.7 Å². The van der Waals surface area contributed by atoms with Crippen LogP contribution in [-0.4, -0.2) is 10.2 Å². The molecule has 0 aliphatic heterocycles. The van der Waals surface area contributed by atoms with Gasteiger partial charge in [-0.3, -0.25) is 0 Å². The van der Waals surface area contributed by atoms with E-state index in [1.54, 1.807) is 0 Å². The van der Waals surface area contributed by atoms with Gasteiger partial charge in [-0.1, -0.05) is 38.9 Å². The summed E-state index contributed by atoms with van der Waals surface area (Å²) in [6, 6.07) is 6.10. The number of anilines is 1. The third-order valence-electron chi connectivity index (χ3n) is 1.79. The van der Waals surface area contributed by atoms with Gasteiger partial charge in [-0.25, -0.2) is 0 Å². The SMILES string of the molecule is Cc1ccc(Br)c(-c2nnc(N)s2)c1. The van der Waals surface area contributed by atoms with Crippen LogP contribution in [0, 0.1) is 6.92 Å². The van der Waals surface area contributed by atoms with E-state index in [2.05, 4.69) is 32.2 Å². The number of rotatable bonds is 1. The lowest BCUT2D eigenvalue weighted by Crippen LogP contribution is -1.81. The van der Waals surface area contributed by atoms with Crippen LogP contribution in [0.25, 0.3) is 10.6 Å². The van der Waals surface area contributed by atoms with Crippen LogP contribution in [0.3, 0.4) is 0 Å². The summed E-state index contributed by atoms with van der Waals surface area (Å²) in [6.45, 7) is 2.04. The van der Waals surface area contributed by atoms with Crippen molar-refractivity contribution in [3.8, 4) is 10.6 Å². The van der Waals surface area contributed by atoms with E-state index < -0.39 is 0 Å². The van der Waals surface area contributed by atoms with Crippen molar-refractivity contribution in [3.05, 3.63) is 28.2 Å². The molecule has 5 heteroatoms. The molecular formula is C9H8BrN3S. The number of nitrogen functional groups attached to an aromatic ring is 1. The molecule has 0 saturated carbocycles. The largest absolute Gasteiger partial charge is 0.374 e. The van der Waals surface area contributed by atoms with Crippen LogP contribution in [0.1, 0.15) is 5.56 Å². The van der Waals surface area contributed by atoms with Gasteiger partial charge >= 0.3 is 0 Å². The molecule has 0 saturated heterocycles. The van der Waals surface area contributed by atoms with Crippen molar-refractivity contribution in [2.45, 2.75) is 6.92 Å². The summed E-state index contributed by atoms with van der Waals surface area (Å²) in [5.41, 5.74) is 7.77. The molecule has 0 unspecified atom stereocenters. The van der Waals surface area contributed by atoms with Gasteiger partial charge in [0.2, 0.25) is 5.13 Å². The van der Waals surface area contributed by atoms with Gasteiger partial charge < -0.3 is 5.73 Å². The van der Waals surface area contributed by atoms with Crippen LogP contribution < -0.4 is 5.73 Å². The molecular weight excluding hydrogens is 262 g/mol. The first-order valence-electron chi connectivity index (χ1n) is 4.02. The molecule has 0 amide bonds. The van der Waals surface area contributed by atoms with Crippen LogP contribution in [0.2, 0.25) is 0 Å². The highest BCUT2D eigenvalue weighted by atomic mass is 79.9. The zero-order valence-corrected chi connectivity index (χ0v) is 9.89. The second-order valence-corrected chi connectivity index (χ2v) is 4.79. The maximum Gasteiger partial charge on any atom is 0.203 e. The Kier molecular flexibility index (Phi) is 2.52. The van der Waals surface area contributed by atoms with Gasteiger partial charge in [-0.15, -0.1) is 10.2 Å². The van der Waals surface area contributed by atoms with Crippen molar-refractivity contribution in [2.24, 2.45) is 0 Å². The molecule has 2 N–H and O–H groups in total. The third-order valence-corrected chi connectivity index (χ3v) is 3.27. The molecule has 3 nitrogen and oxygen atoms in total. The number of halogens is 1. The van der Waals surface area contributed by atoms with Crippen LogP contribution in [0.5, 0.6) is 0 Å². The molecule has 0 fully saturated rings. The Morgan fingerprint density at radius 2 is 2.14 bits per heavy atom. The van der Waals surface area contributed by atoms with Crippen molar-refractivity contribution in [1.82, 2.24) is 10.2 Å². The van der Waals surface area contributed by atoms with Crippen molar-refractivity contribution in [1.29, 1.82) is 0 Å². The first kappa shape index (κ1) is 9.61. The van der Waals surface area contributed by atoms with Crippen molar-refractivity contribution < 1.29 is 0 Å². The topological polar surface area (TPSA) is 51.8 Å². The summed E-state index contributed by atoms with van der Waals surface area (Å²) >= 11 is 4.86. The lowest BCUT2D eigenvalue weighted by molar-refractivity contribution is 1.10. The molecule has 2 aromatic rings. The highest BCUT2D eigenvalue weighted by Gasteiger charge is 2.08. The van der Waals surface area contributed by atoms with Crippen LogP contribution >= 0.6 is 27.3 Å². The number of aromatic nitrogens is 2. The predicted molar refractivity (Wildman–Crippen MR) is 62.2 cm³/mol. The Morgan fingerprint density at radius 1 is 1.36 bits per heavy atom. The third kappa shape index (κ3) is 1.78. The van der Waals surface area contributed by atoms with Crippen LogP contribution in [0.4, 0.5) is 5.13 Å². The molecule has 0 bridgehead atoms. The molecule has 72 valence electrons. The second-order valence-electron chi connectivity index (χ2n) is 2.93. The predicted octanol–water partition coefficient (Wildman–Crippen LogP) is 2.86. The van der Waals surface area contributed by atoms with Crippen molar-refractivity contribution >= 4 is 32.4 Å². The molecule has 1 aromatic heterocycles. The molecule has 0 spiro atoms. The molecule has 0 radical (unpaired) electrons. The van der Waals surface area contributed by atoms with Gasteiger partial charge in [0.15, 0.2) is 5.01 Å². The summed E-state index contributed by atoms with van der Waals surface area (Å²) < 4.78 is 1.01. The molecule has 0 atom stereocenters. The summed E-state index contributed by atoms with van der Waals surface area (Å²) in [5.74, 6) is 0. The first-order valence-corrected chi connectivity index (χ1v) is 5.63. The van der Waals surface area contributed by atoms with E-state index in [0.717, 1.165) is 15.0 Å². The monoisotopic (exact) mass is 269 g/mol. The van der Waals surface area contributed by atoms with Crippen molar-refractivity contribution in [2.75, 3.05) is 5.73 Å². The van der Waals surface area contributed by atoms with E-state index in [0.29, 0.717) is 5.13 Å². The zero-order valence-electron chi connectivity index (χ0n) is 7.49. The average molecular weight is 270 g/mol. The highest BCUT2D eigenvalue weighted by molar-refractivity contribution is 9.10. The Morgan fingerprint density at radius 3 is 2.79 bits per heavy atom. The Bertz CT molecular complexity index is 467. The van der Waals surface area contributed by atoms with Gasteiger partial charge in [0, 0.05) is 10.0 Å². The Labute approximate surface area is 94.1 Å². The fourth-order valence-electron chi connectivity index (χ4n) is 1.15. The normalized spacial score (nSPS) is 10.4. The number of hydrogen-bond acceptors (Lipinski definition) is 4. The fourth-order valence-corrected chi connectivity index (χ4v) is 2.35. The quantitative estimate of drug-likeness (QED) is 0.866. The Balaban J connectivity index is 2.55. The fraction of sp³-hybridized carbons (Fsp3) is 0.111. The van der Waals surface area contributed by atoms with E-state index in [9.17, 15) is 0 Å². The van der Waals surface area contributed by atoms with Gasteiger partial charge in [0.25, 0.3) is 0 Å². The highest BCUT2D eigenvalue weighted by Crippen LogP contribution is 2.31. The first-order chi connectivity index (χ1) is 6.66. The summed E-state index contributed by atoms with van der Waals surface area (Å²) in [6.07, 6.45) is 0. The van der Waals surface area contributed by atoms with Gasteiger partial charge in [0.05, 0.1) is 0 Å². The molecule has 0 aliphatic rings. The lowest BCUT2D eigenvalue weighted by atomic mass is 10.1. The van der Waals surface area contributed by atoms with E-state index in [4.69, 9.17) is 5.73 Å². The van der Waals surface area contributed by atoms with Gasteiger partial charge in [-0.2, -0.15) is 0 Å². The van der Waals surface area contributed by atoms with E-state index in [1.165, 1.54) is 16.9 Å². The second kappa shape index (κ2) is 3.67. The number of hydrogen-bond donors (Lipinski definition) is 1. The minimum atomic E-state index is 0.494. The minimum absolute atomic E-state index is 0.494. The molecule has 2 rings (SSSR count). The summed E-state index contributed by atoms with van der Waals surface area (Å²) in [5, 5.41) is 9.13. The molecule has 14 heavy (non-hydrogen) atoms. The van der Waals surface area contributed by atoms with E-state index in [-0.39, 0.29) is 0 Å². The summed E-state index contributed by atoms with van der Waals surface area (Å²) in [7, 11) is 0. The zero-order chi connectivity index (χ0) is 10.1. The standard InChI is InChI=1S/C9H8BrN3S/c1-5-2-3-7(10)6(4-5)8-12-13-9(11)14-8/h2-4H,1H3,(H2,11,13). The number of aryl methyl sites for hydroxylation is 1. The molecule has 0 aliphatic carbocycles. The smallest absolute Gasteiger partial charge is 0.203 e. The van der Waals surface area contributed by atoms with Crippen LogP contribution in [-0.2, 0) is 0 Å². The lowest BCUT2D eigenvalue weighted by Gasteiger charge is -2.00. The van der Waals surface area contributed by atoms with Gasteiger partial charge in [0.1, 0.15) is 0 Å². The molecule has 1 heterocycles. The Hall–Kier alpha value is -0.940. The van der Waals surface area contributed by atoms with Gasteiger partial charge in [-0.05, 0) is 19.1 Å². The molecule has 1 aromatic carbocycles. The number of benzene rings is 1.